The maximum absolute atomic E-state index is 9.29. The van der Waals surface area contributed by atoms with Crippen LogP contribution in [-0.4, -0.2) is 31.1 Å². The second kappa shape index (κ2) is 5.11. The first kappa shape index (κ1) is 11.1. The average molecular weight is 215 g/mol. The summed E-state index contributed by atoms with van der Waals surface area (Å²) in [5.74, 6) is 0. The molecule has 0 spiro atoms. The van der Waals surface area contributed by atoms with Crippen molar-refractivity contribution >= 4 is 0 Å². The largest absolute Gasteiger partial charge is 0.314 e. The van der Waals surface area contributed by atoms with E-state index in [1.54, 1.807) is 0 Å². The fourth-order valence-electron chi connectivity index (χ4n) is 2.06. The van der Waals surface area contributed by atoms with Crippen LogP contribution in [0.4, 0.5) is 0 Å². The minimum atomic E-state index is -0.0947. The van der Waals surface area contributed by atoms with Gasteiger partial charge in [-0.25, -0.2) is 0 Å². The molecular formula is C13H17N3. The van der Waals surface area contributed by atoms with E-state index in [1.807, 2.05) is 0 Å². The van der Waals surface area contributed by atoms with E-state index in [0.29, 0.717) is 0 Å². The lowest BCUT2D eigenvalue weighted by Crippen LogP contribution is -2.44. The summed E-state index contributed by atoms with van der Waals surface area (Å²) in [7, 11) is 0. The van der Waals surface area contributed by atoms with E-state index < -0.39 is 0 Å². The predicted molar refractivity (Wildman–Crippen MR) is 64.0 cm³/mol. The van der Waals surface area contributed by atoms with Crippen LogP contribution in [0.15, 0.2) is 24.3 Å². The van der Waals surface area contributed by atoms with Crippen LogP contribution in [0.1, 0.15) is 17.2 Å². The second-order valence-electron chi connectivity index (χ2n) is 4.23. The minimum Gasteiger partial charge on any atom is -0.314 e. The van der Waals surface area contributed by atoms with Gasteiger partial charge in [0.1, 0.15) is 6.04 Å². The molecule has 1 saturated heterocycles. The predicted octanol–water partition coefficient (Wildman–Crippen LogP) is 1.46. The molecule has 0 radical (unpaired) electrons. The van der Waals surface area contributed by atoms with Crippen molar-refractivity contribution in [1.29, 1.82) is 5.26 Å². The number of aryl methyl sites for hydroxylation is 1. The minimum absolute atomic E-state index is 0.0947. The molecule has 1 unspecified atom stereocenters. The van der Waals surface area contributed by atoms with Gasteiger partial charge in [-0.05, 0) is 12.5 Å². The molecule has 1 atom stereocenters. The molecule has 1 aromatic rings. The Bertz CT molecular complexity index is 371. The van der Waals surface area contributed by atoms with Gasteiger partial charge in [-0.2, -0.15) is 5.26 Å². The number of piperazine rings is 1. The maximum atomic E-state index is 9.29. The Balaban J connectivity index is 2.15. The van der Waals surface area contributed by atoms with E-state index in [1.165, 1.54) is 5.56 Å². The third kappa shape index (κ3) is 2.41. The van der Waals surface area contributed by atoms with Gasteiger partial charge in [0.15, 0.2) is 0 Å². The topological polar surface area (TPSA) is 39.1 Å². The molecule has 0 bridgehead atoms. The Kier molecular flexibility index (Phi) is 3.55. The van der Waals surface area contributed by atoms with Gasteiger partial charge in [-0.3, -0.25) is 4.90 Å². The normalized spacial score (nSPS) is 19.0. The molecule has 2 rings (SSSR count). The molecule has 0 aromatic heterocycles. The van der Waals surface area contributed by atoms with Crippen LogP contribution in [-0.2, 0) is 0 Å². The zero-order valence-corrected chi connectivity index (χ0v) is 9.61. The Morgan fingerprint density at radius 3 is 2.44 bits per heavy atom. The molecule has 3 heteroatoms. The van der Waals surface area contributed by atoms with Crippen LogP contribution < -0.4 is 5.32 Å². The number of nitriles is 1. The second-order valence-corrected chi connectivity index (χ2v) is 4.23. The van der Waals surface area contributed by atoms with Crippen LogP contribution in [0.2, 0.25) is 0 Å². The molecule has 1 heterocycles. The fraction of sp³-hybridized carbons (Fsp3) is 0.462. The van der Waals surface area contributed by atoms with E-state index in [-0.39, 0.29) is 6.04 Å². The number of benzene rings is 1. The van der Waals surface area contributed by atoms with Crippen LogP contribution in [0.5, 0.6) is 0 Å². The Morgan fingerprint density at radius 1 is 1.25 bits per heavy atom. The highest BCUT2D eigenvalue weighted by Crippen LogP contribution is 2.20. The van der Waals surface area contributed by atoms with Crippen molar-refractivity contribution in [3.63, 3.8) is 0 Å². The van der Waals surface area contributed by atoms with E-state index in [9.17, 15) is 5.26 Å². The number of nitrogens with one attached hydrogen (secondary N) is 1. The van der Waals surface area contributed by atoms with E-state index >= 15 is 0 Å². The standard InChI is InChI=1S/C13H17N3/c1-11-2-4-12(5-3-11)13(10-14)16-8-6-15-7-9-16/h2-5,13,15H,6-9H2,1H3. The lowest BCUT2D eigenvalue weighted by Gasteiger charge is -2.31. The Hall–Kier alpha value is -1.37. The van der Waals surface area contributed by atoms with Gasteiger partial charge in [0, 0.05) is 26.2 Å². The van der Waals surface area contributed by atoms with Gasteiger partial charge in [0.25, 0.3) is 0 Å². The number of nitrogens with zero attached hydrogens (tertiary/aromatic N) is 2. The van der Waals surface area contributed by atoms with E-state index in [4.69, 9.17) is 0 Å². The molecule has 0 aliphatic carbocycles. The molecule has 0 saturated carbocycles. The quantitative estimate of drug-likeness (QED) is 0.812. The van der Waals surface area contributed by atoms with Gasteiger partial charge in [-0.15, -0.1) is 0 Å². The first-order chi connectivity index (χ1) is 7.81. The summed E-state index contributed by atoms with van der Waals surface area (Å²) in [6.45, 7) is 5.92. The van der Waals surface area contributed by atoms with E-state index in [2.05, 4.69) is 47.5 Å². The highest BCUT2D eigenvalue weighted by atomic mass is 15.2. The molecule has 1 N–H and O–H groups in total. The molecular weight excluding hydrogens is 198 g/mol. The van der Waals surface area contributed by atoms with E-state index in [0.717, 1.165) is 31.7 Å². The first-order valence-corrected chi connectivity index (χ1v) is 5.72. The van der Waals surface area contributed by atoms with Gasteiger partial charge in [-0.1, -0.05) is 29.8 Å². The van der Waals surface area contributed by atoms with Crippen LogP contribution in [0.3, 0.4) is 0 Å². The summed E-state index contributed by atoms with van der Waals surface area (Å²) >= 11 is 0. The van der Waals surface area contributed by atoms with Crippen molar-refractivity contribution in [2.45, 2.75) is 13.0 Å². The summed E-state index contributed by atoms with van der Waals surface area (Å²) in [6, 6.07) is 10.6. The van der Waals surface area contributed by atoms with Crippen LogP contribution >= 0.6 is 0 Å². The third-order valence-corrected chi connectivity index (χ3v) is 3.03. The molecule has 0 amide bonds. The van der Waals surface area contributed by atoms with Crippen molar-refractivity contribution < 1.29 is 0 Å². The van der Waals surface area contributed by atoms with Crippen LogP contribution in [0, 0.1) is 18.3 Å². The third-order valence-electron chi connectivity index (χ3n) is 3.03. The Labute approximate surface area is 96.7 Å². The van der Waals surface area contributed by atoms with Gasteiger partial charge >= 0.3 is 0 Å². The SMILES string of the molecule is Cc1ccc(C(C#N)N2CCNCC2)cc1. The van der Waals surface area contributed by atoms with Crippen molar-refractivity contribution in [2.75, 3.05) is 26.2 Å². The Morgan fingerprint density at radius 2 is 1.88 bits per heavy atom. The summed E-state index contributed by atoms with van der Waals surface area (Å²) in [6.07, 6.45) is 0. The number of rotatable bonds is 2. The average Bonchev–Trinajstić information content (AvgIpc) is 2.34. The van der Waals surface area contributed by atoms with Crippen molar-refractivity contribution in [1.82, 2.24) is 10.2 Å². The lowest BCUT2D eigenvalue weighted by molar-refractivity contribution is 0.207. The van der Waals surface area contributed by atoms with Crippen LogP contribution in [0.25, 0.3) is 0 Å². The summed E-state index contributed by atoms with van der Waals surface area (Å²) in [4.78, 5) is 2.24. The highest BCUT2D eigenvalue weighted by Gasteiger charge is 2.21. The fourth-order valence-corrected chi connectivity index (χ4v) is 2.06. The summed E-state index contributed by atoms with van der Waals surface area (Å²) < 4.78 is 0. The number of hydrogen-bond acceptors (Lipinski definition) is 3. The summed E-state index contributed by atoms with van der Waals surface area (Å²) in [5.41, 5.74) is 2.34. The maximum Gasteiger partial charge on any atom is 0.123 e. The molecule has 1 aliphatic heterocycles. The van der Waals surface area contributed by atoms with Gasteiger partial charge in [0.2, 0.25) is 0 Å². The molecule has 16 heavy (non-hydrogen) atoms. The molecule has 1 aliphatic rings. The monoisotopic (exact) mass is 215 g/mol. The summed E-state index contributed by atoms with van der Waals surface area (Å²) in [5, 5.41) is 12.6. The van der Waals surface area contributed by atoms with Gasteiger partial charge in [0.05, 0.1) is 6.07 Å². The van der Waals surface area contributed by atoms with Gasteiger partial charge < -0.3 is 5.32 Å². The molecule has 1 aromatic carbocycles. The highest BCUT2D eigenvalue weighted by molar-refractivity contribution is 5.27. The zero-order valence-electron chi connectivity index (χ0n) is 9.61. The lowest BCUT2D eigenvalue weighted by atomic mass is 10.0. The zero-order chi connectivity index (χ0) is 11.4. The van der Waals surface area contributed by atoms with Crippen molar-refractivity contribution in [2.24, 2.45) is 0 Å². The molecule has 3 nitrogen and oxygen atoms in total. The van der Waals surface area contributed by atoms with Crippen molar-refractivity contribution in [3.05, 3.63) is 35.4 Å². The number of hydrogen-bond donors (Lipinski definition) is 1. The first-order valence-electron chi connectivity index (χ1n) is 5.72. The van der Waals surface area contributed by atoms with Crippen molar-refractivity contribution in [3.8, 4) is 6.07 Å². The molecule has 84 valence electrons. The molecule has 1 fully saturated rings. The smallest absolute Gasteiger partial charge is 0.123 e.